The molecule has 4 rings (SSSR count). The highest BCUT2D eigenvalue weighted by atomic mass is 32.2. The van der Waals surface area contributed by atoms with Gasteiger partial charge in [0.25, 0.3) is 10.0 Å². The monoisotopic (exact) mass is 447 g/mol. The van der Waals surface area contributed by atoms with Gasteiger partial charge in [-0.05, 0) is 25.1 Å². The second-order valence-electron chi connectivity index (χ2n) is 6.46. The van der Waals surface area contributed by atoms with E-state index in [2.05, 4.69) is 19.9 Å². The van der Waals surface area contributed by atoms with E-state index in [1.54, 1.807) is 6.92 Å². The molecule has 0 saturated heterocycles. The van der Waals surface area contributed by atoms with E-state index in [-0.39, 0.29) is 27.6 Å². The number of aromatic nitrogens is 5. The molecule has 31 heavy (non-hydrogen) atoms. The third-order valence-electron chi connectivity index (χ3n) is 4.27. The molecule has 0 saturated carbocycles. The average molecular weight is 447 g/mol. The van der Waals surface area contributed by atoms with E-state index in [4.69, 9.17) is 5.26 Å². The zero-order chi connectivity index (χ0) is 22.4. The van der Waals surface area contributed by atoms with Crippen LogP contribution < -0.4 is 4.72 Å². The number of rotatable bonds is 4. The van der Waals surface area contributed by atoms with Crippen molar-refractivity contribution in [1.82, 2.24) is 24.4 Å². The summed E-state index contributed by atoms with van der Waals surface area (Å²) in [5.74, 6) is 0.0378. The lowest BCUT2D eigenvalue weighted by Gasteiger charge is -2.09. The maximum atomic E-state index is 12.9. The van der Waals surface area contributed by atoms with Gasteiger partial charge in [0.15, 0.2) is 5.65 Å². The third kappa shape index (κ3) is 3.80. The van der Waals surface area contributed by atoms with Crippen LogP contribution in [0, 0.1) is 18.3 Å². The number of nitrogens with one attached hydrogen (secondary N) is 1. The van der Waals surface area contributed by atoms with Crippen molar-refractivity contribution in [2.75, 3.05) is 4.72 Å². The summed E-state index contributed by atoms with van der Waals surface area (Å²) < 4.78 is 69.0. The minimum Gasteiger partial charge on any atom is -0.263 e. The van der Waals surface area contributed by atoms with Crippen molar-refractivity contribution in [3.05, 3.63) is 65.7 Å². The molecule has 0 aliphatic rings. The molecule has 3 heterocycles. The Morgan fingerprint density at radius 2 is 1.94 bits per heavy atom. The first kappa shape index (κ1) is 20.4. The Morgan fingerprint density at radius 3 is 2.65 bits per heavy atom. The van der Waals surface area contributed by atoms with Gasteiger partial charge >= 0.3 is 6.18 Å². The van der Waals surface area contributed by atoms with Gasteiger partial charge in [-0.1, -0.05) is 6.07 Å². The highest BCUT2D eigenvalue weighted by Crippen LogP contribution is 2.30. The fraction of sp³-hybridized carbons (Fsp3) is 0.111. The zero-order valence-electron chi connectivity index (χ0n) is 15.7. The Labute approximate surface area is 173 Å². The Morgan fingerprint density at radius 1 is 1.16 bits per heavy atom. The van der Waals surface area contributed by atoms with Crippen LogP contribution in [0.5, 0.6) is 0 Å². The van der Waals surface area contributed by atoms with Gasteiger partial charge in [-0.3, -0.25) is 4.72 Å². The van der Waals surface area contributed by atoms with Crippen molar-refractivity contribution in [2.24, 2.45) is 0 Å². The SMILES string of the molecule is Cc1cc(NS(=O)(=O)c2cnn(-c3cccc(C(F)(F)F)c3)c2)n2ncc(C#N)c2n1. The number of hydrogen-bond donors (Lipinski definition) is 1. The molecule has 0 amide bonds. The Hall–Kier alpha value is -3.92. The first-order valence-corrected chi connectivity index (χ1v) is 10.1. The van der Waals surface area contributed by atoms with Crippen LogP contribution in [-0.4, -0.2) is 32.8 Å². The number of nitriles is 1. The number of halogens is 3. The molecule has 3 aromatic heterocycles. The number of aryl methyl sites for hydroxylation is 1. The molecule has 1 N–H and O–H groups in total. The van der Waals surface area contributed by atoms with Crippen molar-refractivity contribution in [3.8, 4) is 11.8 Å². The van der Waals surface area contributed by atoms with Gasteiger partial charge in [0.1, 0.15) is 22.3 Å². The van der Waals surface area contributed by atoms with Crippen molar-refractivity contribution in [3.63, 3.8) is 0 Å². The standard InChI is InChI=1S/C18H12F3N7O2S/c1-11-5-16(28-17(25-11)12(7-22)8-24-28)26-31(29,30)15-9-23-27(10-15)14-4-2-3-13(6-14)18(19,20)21/h2-6,8-10,26H,1H3. The number of anilines is 1. The van der Waals surface area contributed by atoms with Crippen LogP contribution in [0.1, 0.15) is 16.8 Å². The van der Waals surface area contributed by atoms with Gasteiger partial charge in [-0.15, -0.1) is 0 Å². The Bertz CT molecular complexity index is 1450. The van der Waals surface area contributed by atoms with E-state index < -0.39 is 21.8 Å². The van der Waals surface area contributed by atoms with E-state index in [0.29, 0.717) is 5.69 Å². The van der Waals surface area contributed by atoms with Crippen molar-refractivity contribution in [2.45, 2.75) is 18.0 Å². The summed E-state index contributed by atoms with van der Waals surface area (Å²) in [4.78, 5) is 3.90. The lowest BCUT2D eigenvalue weighted by Crippen LogP contribution is -2.16. The average Bonchev–Trinajstić information content (AvgIpc) is 3.35. The quantitative estimate of drug-likeness (QED) is 0.514. The molecule has 13 heteroatoms. The normalized spacial score (nSPS) is 12.1. The van der Waals surface area contributed by atoms with Gasteiger partial charge in [-0.2, -0.15) is 33.1 Å². The molecule has 9 nitrogen and oxygen atoms in total. The van der Waals surface area contributed by atoms with Crippen molar-refractivity contribution in [1.29, 1.82) is 5.26 Å². The maximum absolute atomic E-state index is 12.9. The lowest BCUT2D eigenvalue weighted by atomic mass is 10.2. The van der Waals surface area contributed by atoms with Crippen LogP contribution in [0.4, 0.5) is 19.0 Å². The molecule has 4 aromatic rings. The highest BCUT2D eigenvalue weighted by molar-refractivity contribution is 7.92. The summed E-state index contributed by atoms with van der Waals surface area (Å²) in [6.45, 7) is 1.62. The lowest BCUT2D eigenvalue weighted by molar-refractivity contribution is -0.137. The van der Waals surface area contributed by atoms with E-state index >= 15 is 0 Å². The number of benzene rings is 1. The maximum Gasteiger partial charge on any atom is 0.416 e. The fourth-order valence-corrected chi connectivity index (χ4v) is 3.81. The van der Waals surface area contributed by atoms with Gasteiger partial charge in [0.2, 0.25) is 0 Å². The summed E-state index contributed by atoms with van der Waals surface area (Å²) in [6.07, 6.45) is -1.19. The first-order valence-electron chi connectivity index (χ1n) is 8.59. The van der Waals surface area contributed by atoms with E-state index in [9.17, 15) is 21.6 Å². The molecular formula is C18H12F3N7O2S. The van der Waals surface area contributed by atoms with Crippen LogP contribution in [0.3, 0.4) is 0 Å². The number of nitrogens with zero attached hydrogens (tertiary/aromatic N) is 6. The molecule has 0 spiro atoms. The van der Waals surface area contributed by atoms with E-state index in [0.717, 1.165) is 29.2 Å². The van der Waals surface area contributed by atoms with Crippen LogP contribution >= 0.6 is 0 Å². The topological polar surface area (TPSA) is 118 Å². The van der Waals surface area contributed by atoms with Gasteiger partial charge in [0, 0.05) is 11.8 Å². The summed E-state index contributed by atoms with van der Waals surface area (Å²) in [6, 6.07) is 7.68. The summed E-state index contributed by atoms with van der Waals surface area (Å²) in [5, 5.41) is 17.0. The molecular weight excluding hydrogens is 435 g/mol. The first-order chi connectivity index (χ1) is 14.6. The minimum atomic E-state index is -4.55. The molecule has 0 atom stereocenters. The van der Waals surface area contributed by atoms with Gasteiger partial charge in [-0.25, -0.2) is 18.1 Å². The molecule has 1 aromatic carbocycles. The molecule has 0 bridgehead atoms. The predicted molar refractivity (Wildman–Crippen MR) is 102 cm³/mol. The van der Waals surface area contributed by atoms with Crippen LogP contribution in [0.2, 0.25) is 0 Å². The van der Waals surface area contributed by atoms with Crippen LogP contribution in [0.25, 0.3) is 11.3 Å². The number of alkyl halides is 3. The van der Waals surface area contributed by atoms with Crippen molar-refractivity contribution >= 4 is 21.5 Å². The molecule has 158 valence electrons. The van der Waals surface area contributed by atoms with Crippen molar-refractivity contribution < 1.29 is 21.6 Å². The van der Waals surface area contributed by atoms with Crippen LogP contribution in [-0.2, 0) is 16.2 Å². The number of sulfonamides is 1. The highest BCUT2D eigenvalue weighted by Gasteiger charge is 2.30. The molecule has 0 aliphatic heterocycles. The Kier molecular flexibility index (Phi) is 4.66. The van der Waals surface area contributed by atoms with Gasteiger partial charge in [0.05, 0.1) is 29.8 Å². The molecule has 0 fully saturated rings. The molecule has 0 radical (unpaired) electrons. The van der Waals surface area contributed by atoms with Gasteiger partial charge < -0.3 is 0 Å². The third-order valence-corrected chi connectivity index (χ3v) is 5.58. The Balaban J connectivity index is 1.69. The molecule has 0 unspecified atom stereocenters. The summed E-state index contributed by atoms with van der Waals surface area (Å²) in [7, 11) is -4.17. The number of fused-ring (bicyclic) bond motifs is 1. The van der Waals surface area contributed by atoms with Crippen LogP contribution in [0.15, 0.2) is 53.8 Å². The second kappa shape index (κ2) is 7.10. The zero-order valence-corrected chi connectivity index (χ0v) is 16.5. The predicted octanol–water partition coefficient (Wildman–Crippen LogP) is 2.91. The fourth-order valence-electron chi connectivity index (χ4n) is 2.84. The minimum absolute atomic E-state index is 0.0378. The largest absolute Gasteiger partial charge is 0.416 e. The van der Waals surface area contributed by atoms with E-state index in [1.165, 1.54) is 28.9 Å². The molecule has 0 aliphatic carbocycles. The van der Waals surface area contributed by atoms with E-state index in [1.807, 2.05) is 6.07 Å². The summed E-state index contributed by atoms with van der Waals surface area (Å²) >= 11 is 0. The number of hydrogen-bond acceptors (Lipinski definition) is 6. The summed E-state index contributed by atoms with van der Waals surface area (Å²) in [5.41, 5.74) is -0.0444. The second-order valence-corrected chi connectivity index (χ2v) is 8.14. The smallest absolute Gasteiger partial charge is 0.263 e.